The monoisotopic (exact) mass is 198 g/mol. The highest BCUT2D eigenvalue weighted by Crippen LogP contribution is 2.11. The Balaban J connectivity index is 2.80. The van der Waals surface area contributed by atoms with Gasteiger partial charge in [0.1, 0.15) is 5.84 Å². The first-order valence-electron chi connectivity index (χ1n) is 4.71. The maximum Gasteiger partial charge on any atom is 0.117 e. The largest absolute Gasteiger partial charge is 0.287 e. The predicted molar refractivity (Wildman–Crippen MR) is 67.5 cm³/mol. The molecule has 0 spiro atoms. The van der Waals surface area contributed by atoms with Crippen LogP contribution in [0.3, 0.4) is 0 Å². The number of nitrogens with one attached hydrogen (secondary N) is 1. The predicted octanol–water partition coefficient (Wildman–Crippen LogP) is 3.41. The normalized spacial score (nSPS) is 11.0. The Morgan fingerprint density at radius 2 is 2.00 bits per heavy atom. The van der Waals surface area contributed by atoms with Crippen LogP contribution in [0.5, 0.6) is 0 Å². The lowest BCUT2D eigenvalue weighted by molar-refractivity contribution is 1.42. The fourth-order valence-electron chi connectivity index (χ4n) is 1.15. The van der Waals surface area contributed by atoms with Crippen LogP contribution in [0.4, 0.5) is 0 Å². The first kappa shape index (κ1) is 11.1. The van der Waals surface area contributed by atoms with Gasteiger partial charge in [-0.05, 0) is 24.1 Å². The van der Waals surface area contributed by atoms with E-state index >= 15 is 0 Å². The Morgan fingerprint density at radius 1 is 1.33 bits per heavy atom. The molecule has 0 fully saturated rings. The van der Waals surface area contributed by atoms with Crippen LogP contribution in [0.25, 0.3) is 12.2 Å². The summed E-state index contributed by atoms with van der Waals surface area (Å²) in [5.74, 6) is 0.302. The van der Waals surface area contributed by atoms with Crippen molar-refractivity contribution in [1.29, 1.82) is 5.41 Å². The molecular weight excluding hydrogens is 184 g/mol. The van der Waals surface area contributed by atoms with Crippen molar-refractivity contribution in [2.75, 3.05) is 0 Å². The van der Waals surface area contributed by atoms with Gasteiger partial charge in [0.25, 0.3) is 0 Å². The van der Waals surface area contributed by atoms with Crippen LogP contribution < -0.4 is 0 Å². The van der Waals surface area contributed by atoms with E-state index in [1.165, 1.54) is 0 Å². The van der Waals surface area contributed by atoms with Crippen LogP contribution in [-0.4, -0.2) is 12.1 Å². The van der Waals surface area contributed by atoms with E-state index in [2.05, 4.69) is 11.6 Å². The van der Waals surface area contributed by atoms with E-state index in [4.69, 9.17) is 5.41 Å². The van der Waals surface area contributed by atoms with Crippen molar-refractivity contribution in [2.24, 2.45) is 4.99 Å². The second-order valence-corrected chi connectivity index (χ2v) is 3.06. The zero-order chi connectivity index (χ0) is 11.1. The fraction of sp³-hybridized carbons (Fsp3) is 0.0769. The highest BCUT2D eigenvalue weighted by atomic mass is 14.8. The third kappa shape index (κ3) is 3.73. The molecule has 76 valence electrons. The van der Waals surface area contributed by atoms with Gasteiger partial charge in [-0.15, -0.1) is 0 Å². The topological polar surface area (TPSA) is 36.2 Å². The summed E-state index contributed by atoms with van der Waals surface area (Å²) in [6.07, 6.45) is 7.20. The van der Waals surface area contributed by atoms with Gasteiger partial charge in [0.05, 0.1) is 0 Å². The zero-order valence-electron chi connectivity index (χ0n) is 8.77. The molecule has 1 rings (SSSR count). The molecule has 0 unspecified atom stereocenters. The average molecular weight is 198 g/mol. The van der Waals surface area contributed by atoms with Crippen molar-refractivity contribution in [2.45, 2.75) is 6.92 Å². The second kappa shape index (κ2) is 5.70. The van der Waals surface area contributed by atoms with Gasteiger partial charge in [0.2, 0.25) is 0 Å². The molecule has 1 aromatic rings. The molecular formula is C13H14N2. The lowest BCUT2D eigenvalue weighted by atomic mass is 10.1. The number of nitrogens with zero attached hydrogens (tertiary/aromatic N) is 1. The standard InChI is InChI=1S/C13H14N2/c1-3-12-7-4-5-8-13(12)9-6-10-15-11(2)14/h3-10,14H,1H2,2H3/b9-6+,14-11?,15-10+. The lowest BCUT2D eigenvalue weighted by Crippen LogP contribution is -1.81. The number of hydrogen-bond acceptors (Lipinski definition) is 1. The molecule has 2 nitrogen and oxygen atoms in total. The molecule has 0 saturated carbocycles. The number of hydrogen-bond donors (Lipinski definition) is 1. The van der Waals surface area contributed by atoms with Crippen molar-refractivity contribution in [3.63, 3.8) is 0 Å². The van der Waals surface area contributed by atoms with Gasteiger partial charge in [-0.2, -0.15) is 0 Å². The van der Waals surface area contributed by atoms with Gasteiger partial charge in [0.15, 0.2) is 0 Å². The lowest BCUT2D eigenvalue weighted by Gasteiger charge is -1.97. The van der Waals surface area contributed by atoms with Crippen molar-refractivity contribution < 1.29 is 0 Å². The van der Waals surface area contributed by atoms with Crippen LogP contribution >= 0.6 is 0 Å². The molecule has 0 heterocycles. The Morgan fingerprint density at radius 3 is 2.60 bits per heavy atom. The fourth-order valence-corrected chi connectivity index (χ4v) is 1.15. The van der Waals surface area contributed by atoms with E-state index in [0.29, 0.717) is 5.84 Å². The Hall–Kier alpha value is -1.96. The maximum atomic E-state index is 7.11. The highest BCUT2D eigenvalue weighted by Gasteiger charge is 1.91. The minimum atomic E-state index is 0.302. The second-order valence-electron chi connectivity index (χ2n) is 3.06. The molecule has 2 heteroatoms. The van der Waals surface area contributed by atoms with E-state index in [-0.39, 0.29) is 0 Å². The highest BCUT2D eigenvalue weighted by molar-refractivity contribution is 5.91. The molecule has 1 N–H and O–H groups in total. The van der Waals surface area contributed by atoms with Gasteiger partial charge < -0.3 is 0 Å². The Bertz CT molecular complexity index is 414. The third-order valence-electron chi connectivity index (χ3n) is 1.85. The zero-order valence-corrected chi connectivity index (χ0v) is 8.77. The molecule has 15 heavy (non-hydrogen) atoms. The molecule has 0 saturated heterocycles. The summed E-state index contributed by atoms with van der Waals surface area (Å²) in [6.45, 7) is 5.39. The van der Waals surface area contributed by atoms with Crippen molar-refractivity contribution in [3.05, 3.63) is 48.0 Å². The quantitative estimate of drug-likeness (QED) is 0.570. The van der Waals surface area contributed by atoms with Crippen molar-refractivity contribution >= 4 is 24.2 Å². The SMILES string of the molecule is C=Cc1ccccc1/C=C/C=N/C(C)=N. The minimum absolute atomic E-state index is 0.302. The van der Waals surface area contributed by atoms with Crippen LogP contribution in [0, 0.1) is 5.41 Å². The van der Waals surface area contributed by atoms with Crippen LogP contribution in [0.1, 0.15) is 18.1 Å². The molecule has 0 radical (unpaired) electrons. The number of aliphatic imine (C=N–C) groups is 1. The maximum absolute atomic E-state index is 7.11. The molecule has 0 aliphatic rings. The summed E-state index contributed by atoms with van der Waals surface area (Å²) in [5.41, 5.74) is 2.19. The number of allylic oxidation sites excluding steroid dienone is 1. The molecule has 0 aliphatic heterocycles. The number of benzene rings is 1. The van der Waals surface area contributed by atoms with E-state index in [9.17, 15) is 0 Å². The van der Waals surface area contributed by atoms with Crippen LogP contribution in [0.2, 0.25) is 0 Å². The van der Waals surface area contributed by atoms with E-state index in [1.54, 1.807) is 13.1 Å². The smallest absolute Gasteiger partial charge is 0.117 e. The van der Waals surface area contributed by atoms with E-state index < -0.39 is 0 Å². The van der Waals surface area contributed by atoms with Gasteiger partial charge in [0, 0.05) is 6.21 Å². The molecule has 0 bridgehead atoms. The number of amidine groups is 1. The summed E-state index contributed by atoms with van der Waals surface area (Å²) < 4.78 is 0. The average Bonchev–Trinajstić information content (AvgIpc) is 2.24. The Kier molecular flexibility index (Phi) is 4.23. The number of rotatable bonds is 3. The summed E-state index contributed by atoms with van der Waals surface area (Å²) in [4.78, 5) is 3.84. The first-order chi connectivity index (χ1) is 7.24. The summed E-state index contributed by atoms with van der Waals surface area (Å²) >= 11 is 0. The van der Waals surface area contributed by atoms with Gasteiger partial charge >= 0.3 is 0 Å². The summed E-state index contributed by atoms with van der Waals surface area (Å²) in [6, 6.07) is 7.97. The van der Waals surface area contributed by atoms with Gasteiger partial charge in [-0.1, -0.05) is 43.0 Å². The first-order valence-corrected chi connectivity index (χ1v) is 4.71. The third-order valence-corrected chi connectivity index (χ3v) is 1.85. The summed E-state index contributed by atoms with van der Waals surface area (Å²) in [5, 5.41) is 7.11. The van der Waals surface area contributed by atoms with Gasteiger partial charge in [-0.3, -0.25) is 5.41 Å². The van der Waals surface area contributed by atoms with Crippen molar-refractivity contribution in [3.8, 4) is 0 Å². The molecule has 0 aliphatic carbocycles. The van der Waals surface area contributed by atoms with E-state index in [0.717, 1.165) is 11.1 Å². The van der Waals surface area contributed by atoms with E-state index in [1.807, 2.05) is 42.5 Å². The molecule has 1 aromatic carbocycles. The van der Waals surface area contributed by atoms with Crippen LogP contribution in [-0.2, 0) is 0 Å². The molecule has 0 atom stereocenters. The molecule has 0 amide bonds. The van der Waals surface area contributed by atoms with Crippen LogP contribution in [0.15, 0.2) is 41.9 Å². The van der Waals surface area contributed by atoms with Gasteiger partial charge in [-0.25, -0.2) is 4.99 Å². The minimum Gasteiger partial charge on any atom is -0.287 e. The van der Waals surface area contributed by atoms with Crippen molar-refractivity contribution in [1.82, 2.24) is 0 Å². The molecule has 0 aromatic heterocycles. The Labute approximate surface area is 90.2 Å². The summed E-state index contributed by atoms with van der Waals surface area (Å²) in [7, 11) is 0.